The molecule has 3 aromatic heterocycles. The van der Waals surface area contributed by atoms with Crippen LogP contribution in [0.3, 0.4) is 0 Å². The van der Waals surface area contributed by atoms with Crippen molar-refractivity contribution >= 4 is 28.6 Å². The number of aromatic nitrogens is 5. The van der Waals surface area contributed by atoms with Gasteiger partial charge in [-0.05, 0) is 32.8 Å². The molecule has 1 fully saturated rings. The Balaban J connectivity index is 1.65. The van der Waals surface area contributed by atoms with E-state index in [9.17, 15) is 23.4 Å². The molecule has 0 radical (unpaired) electrons. The third-order valence-electron chi connectivity index (χ3n) is 5.48. The second-order valence-corrected chi connectivity index (χ2v) is 7.88. The number of halogens is 3. The normalized spacial score (nSPS) is 17.5. The molecule has 0 amide bonds. The summed E-state index contributed by atoms with van der Waals surface area (Å²) in [6.07, 6.45) is -1.82. The van der Waals surface area contributed by atoms with Gasteiger partial charge in [-0.3, -0.25) is 0 Å². The zero-order valence-electron chi connectivity index (χ0n) is 17.6. The highest BCUT2D eigenvalue weighted by Gasteiger charge is 2.40. The number of rotatable bonds is 5. The van der Waals surface area contributed by atoms with Gasteiger partial charge in [-0.2, -0.15) is 18.2 Å². The first-order valence-electron chi connectivity index (χ1n) is 10.3. The van der Waals surface area contributed by atoms with Crippen molar-refractivity contribution in [2.24, 2.45) is 0 Å². The summed E-state index contributed by atoms with van der Waals surface area (Å²) in [5.74, 6) is 1.12. The van der Waals surface area contributed by atoms with E-state index in [0.717, 1.165) is 11.5 Å². The molecule has 4 heterocycles. The van der Waals surface area contributed by atoms with Crippen molar-refractivity contribution in [3.05, 3.63) is 30.4 Å². The molecule has 0 saturated carbocycles. The van der Waals surface area contributed by atoms with E-state index in [4.69, 9.17) is 0 Å². The van der Waals surface area contributed by atoms with Gasteiger partial charge < -0.3 is 25.0 Å². The van der Waals surface area contributed by atoms with E-state index in [1.165, 1.54) is 19.2 Å². The molecule has 172 valence electrons. The number of aliphatic hydroxyl groups is 2. The summed E-state index contributed by atoms with van der Waals surface area (Å²) in [5.41, 5.74) is 0.445. The second-order valence-electron chi connectivity index (χ2n) is 7.88. The summed E-state index contributed by atoms with van der Waals surface area (Å²) in [7, 11) is 0. The first kappa shape index (κ1) is 22.2. The molecule has 9 nitrogen and oxygen atoms in total. The molecule has 12 heteroatoms. The number of aliphatic hydroxyl groups excluding tert-OH is 2. The third-order valence-corrected chi connectivity index (χ3v) is 5.48. The predicted octanol–water partition coefficient (Wildman–Crippen LogP) is 3.10. The number of nitrogens with one attached hydrogen (secondary N) is 1. The molecule has 0 aromatic carbocycles. The molecule has 3 aromatic rings. The first-order chi connectivity index (χ1) is 15.1. The number of nitrogens with zero attached hydrogens (tertiary/aromatic N) is 6. The Morgan fingerprint density at radius 1 is 1.12 bits per heavy atom. The molecule has 0 spiro atoms. The summed E-state index contributed by atoms with van der Waals surface area (Å²) < 4.78 is 41.4. The standard InChI is InChI=1S/C20H24F3N7O2/c1-11(31)18-26-14-10-25-17(9-15(14)30(18)12(2)20(21,22)23)27-16-3-6-24-19(28-16)29-7-4-13(32)5-8-29/h3,6,9-13,31-32H,4-5,7-8H2,1-2H3,(H,24,25,27,28). The van der Waals surface area contributed by atoms with Crippen molar-refractivity contribution in [3.63, 3.8) is 0 Å². The fourth-order valence-corrected chi connectivity index (χ4v) is 3.70. The molecule has 1 aliphatic rings. The molecule has 1 aliphatic heterocycles. The Morgan fingerprint density at radius 3 is 2.50 bits per heavy atom. The summed E-state index contributed by atoms with van der Waals surface area (Å²) in [6.45, 7) is 3.65. The Kier molecular flexibility index (Phi) is 5.91. The van der Waals surface area contributed by atoms with E-state index in [0.29, 0.717) is 37.7 Å². The molecule has 2 atom stereocenters. The first-order valence-corrected chi connectivity index (χ1v) is 10.3. The van der Waals surface area contributed by atoms with Gasteiger partial charge in [-0.1, -0.05) is 0 Å². The Labute approximate surface area is 182 Å². The van der Waals surface area contributed by atoms with Gasteiger partial charge in [0, 0.05) is 25.4 Å². The molecule has 2 unspecified atom stereocenters. The number of anilines is 3. The average molecular weight is 451 g/mol. The van der Waals surface area contributed by atoms with E-state index in [1.807, 2.05) is 4.90 Å². The number of hydrogen-bond donors (Lipinski definition) is 3. The molecule has 0 aliphatic carbocycles. The molecule has 4 rings (SSSR count). The van der Waals surface area contributed by atoms with E-state index in [2.05, 4.69) is 25.3 Å². The van der Waals surface area contributed by atoms with Gasteiger partial charge in [0.2, 0.25) is 5.95 Å². The second kappa shape index (κ2) is 8.51. The molecule has 3 N–H and O–H groups in total. The fourth-order valence-electron chi connectivity index (χ4n) is 3.70. The number of hydrogen-bond acceptors (Lipinski definition) is 8. The van der Waals surface area contributed by atoms with Crippen LogP contribution < -0.4 is 10.2 Å². The molecular formula is C20H24F3N7O2. The zero-order chi connectivity index (χ0) is 23.0. The van der Waals surface area contributed by atoms with Gasteiger partial charge in [0.25, 0.3) is 0 Å². The predicted molar refractivity (Wildman–Crippen MR) is 112 cm³/mol. The van der Waals surface area contributed by atoms with Crippen molar-refractivity contribution in [3.8, 4) is 0 Å². The quantitative estimate of drug-likeness (QED) is 0.543. The lowest BCUT2D eigenvalue weighted by Crippen LogP contribution is -2.36. The van der Waals surface area contributed by atoms with Crippen LogP contribution in [0.5, 0.6) is 0 Å². The number of pyridine rings is 1. The lowest BCUT2D eigenvalue weighted by atomic mass is 10.1. The molecular weight excluding hydrogens is 427 g/mol. The minimum absolute atomic E-state index is 0.0830. The molecule has 1 saturated heterocycles. The number of imidazole rings is 1. The zero-order valence-corrected chi connectivity index (χ0v) is 17.6. The van der Waals surface area contributed by atoms with Gasteiger partial charge in [0.15, 0.2) is 0 Å². The Bertz CT molecular complexity index is 1090. The highest BCUT2D eigenvalue weighted by Crippen LogP contribution is 2.36. The van der Waals surface area contributed by atoms with Crippen LogP contribution in [0.1, 0.15) is 44.7 Å². The van der Waals surface area contributed by atoms with Crippen molar-refractivity contribution in [2.45, 2.75) is 51.1 Å². The van der Waals surface area contributed by atoms with Crippen LogP contribution in [0, 0.1) is 0 Å². The van der Waals surface area contributed by atoms with Gasteiger partial charge in [0.1, 0.15) is 35.1 Å². The Morgan fingerprint density at radius 2 is 1.84 bits per heavy atom. The summed E-state index contributed by atoms with van der Waals surface area (Å²) in [4.78, 5) is 19.1. The average Bonchev–Trinajstić information content (AvgIpc) is 3.12. The Hall–Kier alpha value is -2.99. The smallest absolute Gasteiger partial charge is 0.393 e. The van der Waals surface area contributed by atoms with E-state index in [-0.39, 0.29) is 28.8 Å². The summed E-state index contributed by atoms with van der Waals surface area (Å²) in [6, 6.07) is 1.20. The van der Waals surface area contributed by atoms with Crippen LogP contribution in [-0.2, 0) is 0 Å². The van der Waals surface area contributed by atoms with Crippen LogP contribution in [-0.4, -0.2) is 60.1 Å². The van der Waals surface area contributed by atoms with E-state index in [1.54, 1.807) is 12.3 Å². The van der Waals surface area contributed by atoms with Crippen molar-refractivity contribution in [2.75, 3.05) is 23.3 Å². The van der Waals surface area contributed by atoms with Crippen LogP contribution in [0.25, 0.3) is 11.0 Å². The number of alkyl halides is 3. The maximum absolute atomic E-state index is 13.5. The molecule has 0 bridgehead atoms. The number of fused-ring (bicyclic) bond motifs is 1. The topological polar surface area (TPSA) is 112 Å². The number of piperidine rings is 1. The fraction of sp³-hybridized carbons (Fsp3) is 0.500. The SMILES string of the molecule is CC(O)c1nc2cnc(Nc3ccnc(N4CCC(O)CC4)n3)cc2n1C(C)C(F)(F)F. The van der Waals surface area contributed by atoms with E-state index < -0.39 is 18.3 Å². The largest absolute Gasteiger partial charge is 0.408 e. The van der Waals surface area contributed by atoms with Crippen molar-refractivity contribution in [1.82, 2.24) is 24.5 Å². The van der Waals surface area contributed by atoms with Crippen LogP contribution in [0.4, 0.5) is 30.8 Å². The summed E-state index contributed by atoms with van der Waals surface area (Å²) in [5, 5.41) is 22.7. The van der Waals surface area contributed by atoms with Gasteiger partial charge >= 0.3 is 6.18 Å². The van der Waals surface area contributed by atoms with Gasteiger partial charge in [0.05, 0.1) is 17.8 Å². The summed E-state index contributed by atoms with van der Waals surface area (Å²) >= 11 is 0. The lowest BCUT2D eigenvalue weighted by molar-refractivity contribution is -0.163. The maximum atomic E-state index is 13.5. The minimum Gasteiger partial charge on any atom is -0.393 e. The van der Waals surface area contributed by atoms with Crippen molar-refractivity contribution in [1.29, 1.82) is 0 Å². The van der Waals surface area contributed by atoms with E-state index >= 15 is 0 Å². The minimum atomic E-state index is -4.52. The highest BCUT2D eigenvalue weighted by molar-refractivity contribution is 5.79. The monoisotopic (exact) mass is 451 g/mol. The van der Waals surface area contributed by atoms with Gasteiger partial charge in [-0.25, -0.2) is 15.0 Å². The third kappa shape index (κ3) is 4.46. The van der Waals surface area contributed by atoms with Crippen LogP contribution >= 0.6 is 0 Å². The highest BCUT2D eigenvalue weighted by atomic mass is 19.4. The molecule has 32 heavy (non-hydrogen) atoms. The maximum Gasteiger partial charge on any atom is 0.408 e. The van der Waals surface area contributed by atoms with Gasteiger partial charge in [-0.15, -0.1) is 0 Å². The van der Waals surface area contributed by atoms with Crippen molar-refractivity contribution < 1.29 is 23.4 Å². The lowest BCUT2D eigenvalue weighted by Gasteiger charge is -2.29. The van der Waals surface area contributed by atoms with Crippen LogP contribution in [0.2, 0.25) is 0 Å². The van der Waals surface area contributed by atoms with Crippen LogP contribution in [0.15, 0.2) is 24.5 Å².